The average Bonchev–Trinajstić information content (AvgIpc) is 2.77. The molecule has 0 saturated heterocycles. The Morgan fingerprint density at radius 3 is 1.86 bits per heavy atom. The highest BCUT2D eigenvalue weighted by Crippen LogP contribution is 2.21. The molecular weight excluding hydrogens is 579 g/mol. The topological polar surface area (TPSA) is 142 Å². The number of hydrogen-bond acceptors (Lipinski definition) is 6. The Bertz CT molecular complexity index is 854. The summed E-state index contributed by atoms with van der Waals surface area (Å²) in [5.74, 6) is -4.80. The number of aliphatic carboxylic acids is 2. The van der Waals surface area contributed by atoms with Crippen LogP contribution in [-0.2, 0) is 20.9 Å². The molecule has 0 radical (unpaired) electrons. The smallest absolute Gasteiger partial charge is 0.475 e. The number of alkyl halides is 6. The lowest BCUT2D eigenvalue weighted by atomic mass is 9.98. The number of carbonyl (C=O) groups is 3. The largest absolute Gasteiger partial charge is 0.490 e. The van der Waals surface area contributed by atoms with E-state index in [0.717, 1.165) is 12.0 Å². The van der Waals surface area contributed by atoms with Crippen LogP contribution in [0.4, 0.5) is 26.3 Å². The lowest BCUT2D eigenvalue weighted by Crippen LogP contribution is -2.51. The third-order valence-corrected chi connectivity index (χ3v) is 5.34. The summed E-state index contributed by atoms with van der Waals surface area (Å²) in [4.78, 5) is 30.3. The summed E-state index contributed by atoms with van der Waals surface area (Å²) in [7, 11) is 0. The van der Waals surface area contributed by atoms with Gasteiger partial charge in [-0.05, 0) is 23.6 Å². The predicted octanol–water partition coefficient (Wildman–Crippen LogP) is 4.14. The Labute approximate surface area is 224 Å². The molecule has 1 rings (SSSR count). The summed E-state index contributed by atoms with van der Waals surface area (Å²) in [6.07, 6.45) is -9.27. The number of carboxylic acid groups (broad SMARTS) is 2. The number of thiol groups is 1. The summed E-state index contributed by atoms with van der Waals surface area (Å²) in [5.41, 5.74) is 6.69. The van der Waals surface area contributed by atoms with Crippen molar-refractivity contribution in [3.05, 3.63) is 33.8 Å². The van der Waals surface area contributed by atoms with Crippen LogP contribution < -0.4 is 16.4 Å². The Balaban J connectivity index is 0. The molecule has 6 N–H and O–H groups in total. The molecule has 1 aromatic carbocycles. The molecule has 0 bridgehead atoms. The number of amides is 1. The second-order valence-corrected chi connectivity index (χ2v) is 8.48. The fourth-order valence-corrected chi connectivity index (χ4v) is 2.69. The van der Waals surface area contributed by atoms with Crippen LogP contribution in [0.25, 0.3) is 0 Å². The third kappa shape index (κ3) is 17.2. The van der Waals surface area contributed by atoms with Gasteiger partial charge >= 0.3 is 24.3 Å². The standard InChI is InChI=1S/C16H25Cl2N3OS.2C2HF3O2/c1-3-10(2)15(20-8-13(19)9-23)16(22)21-7-11-4-5-12(17)6-14(11)18;2*3-2(4,5)1(6)7/h4-6,10,13,15,20,23H,3,7-9,19H2,1-2H3,(H,21,22);2*(H,6,7)/t10-,13?,15+;;/m0../s1. The minimum Gasteiger partial charge on any atom is -0.475 e. The first-order valence-corrected chi connectivity index (χ1v) is 11.6. The molecule has 214 valence electrons. The van der Waals surface area contributed by atoms with Crippen molar-refractivity contribution in [1.82, 2.24) is 10.6 Å². The van der Waals surface area contributed by atoms with E-state index in [9.17, 15) is 31.1 Å². The quantitative estimate of drug-likeness (QED) is 0.183. The van der Waals surface area contributed by atoms with E-state index in [1.54, 1.807) is 12.1 Å². The van der Waals surface area contributed by atoms with Gasteiger partial charge in [0.15, 0.2) is 0 Å². The highest BCUT2D eigenvalue weighted by molar-refractivity contribution is 7.80. The van der Waals surface area contributed by atoms with Gasteiger partial charge in [-0.3, -0.25) is 4.79 Å². The van der Waals surface area contributed by atoms with Crippen LogP contribution in [-0.4, -0.2) is 64.8 Å². The molecule has 1 aromatic rings. The first kappa shape index (κ1) is 37.2. The van der Waals surface area contributed by atoms with E-state index in [4.69, 9.17) is 48.7 Å². The fraction of sp³-hybridized carbons (Fsp3) is 0.550. The second kappa shape index (κ2) is 17.5. The van der Waals surface area contributed by atoms with E-state index < -0.39 is 24.3 Å². The summed E-state index contributed by atoms with van der Waals surface area (Å²) in [5, 5.41) is 21.5. The van der Waals surface area contributed by atoms with Crippen molar-refractivity contribution in [2.75, 3.05) is 12.3 Å². The molecular formula is C20H27Cl2F6N3O5S. The van der Waals surface area contributed by atoms with Gasteiger partial charge in [0.25, 0.3) is 0 Å². The Kier molecular flexibility index (Phi) is 17.6. The van der Waals surface area contributed by atoms with Gasteiger partial charge in [0, 0.05) is 34.9 Å². The van der Waals surface area contributed by atoms with Crippen molar-refractivity contribution in [1.29, 1.82) is 0 Å². The zero-order valence-electron chi connectivity index (χ0n) is 19.5. The van der Waals surface area contributed by atoms with Crippen molar-refractivity contribution in [2.24, 2.45) is 11.7 Å². The predicted molar refractivity (Wildman–Crippen MR) is 129 cm³/mol. The lowest BCUT2D eigenvalue weighted by Gasteiger charge is -2.25. The summed E-state index contributed by atoms with van der Waals surface area (Å²) < 4.78 is 63.5. The van der Waals surface area contributed by atoms with Crippen molar-refractivity contribution in [3.63, 3.8) is 0 Å². The van der Waals surface area contributed by atoms with Crippen molar-refractivity contribution < 1.29 is 50.9 Å². The number of benzene rings is 1. The zero-order valence-corrected chi connectivity index (χ0v) is 21.9. The van der Waals surface area contributed by atoms with E-state index in [1.165, 1.54) is 0 Å². The van der Waals surface area contributed by atoms with Crippen LogP contribution in [0.5, 0.6) is 0 Å². The first-order chi connectivity index (χ1) is 16.8. The van der Waals surface area contributed by atoms with E-state index in [2.05, 4.69) is 30.2 Å². The number of halogens is 8. The number of carboxylic acids is 2. The summed E-state index contributed by atoms with van der Waals surface area (Å²) in [6.45, 7) is 5.01. The van der Waals surface area contributed by atoms with Crippen LogP contribution in [0.3, 0.4) is 0 Å². The molecule has 37 heavy (non-hydrogen) atoms. The molecule has 0 fully saturated rings. The van der Waals surface area contributed by atoms with E-state index >= 15 is 0 Å². The monoisotopic (exact) mass is 605 g/mol. The minimum atomic E-state index is -5.08. The number of hydrogen-bond donors (Lipinski definition) is 6. The van der Waals surface area contributed by atoms with Gasteiger partial charge in [0.05, 0.1) is 6.04 Å². The normalized spacial score (nSPS) is 13.6. The molecule has 17 heteroatoms. The molecule has 0 heterocycles. The summed E-state index contributed by atoms with van der Waals surface area (Å²) in [6, 6.07) is 4.86. The number of nitrogens with two attached hydrogens (primary N) is 1. The van der Waals surface area contributed by atoms with Gasteiger partial charge in [-0.25, -0.2) is 9.59 Å². The van der Waals surface area contributed by atoms with Gasteiger partial charge < -0.3 is 26.6 Å². The van der Waals surface area contributed by atoms with Gasteiger partial charge in [0.2, 0.25) is 5.91 Å². The van der Waals surface area contributed by atoms with Gasteiger partial charge in [-0.1, -0.05) is 49.5 Å². The maximum atomic E-state index is 12.5. The van der Waals surface area contributed by atoms with Crippen LogP contribution in [0.15, 0.2) is 18.2 Å². The highest BCUT2D eigenvalue weighted by atomic mass is 35.5. The lowest BCUT2D eigenvalue weighted by molar-refractivity contribution is -0.193. The Morgan fingerprint density at radius 2 is 1.51 bits per heavy atom. The molecule has 0 aromatic heterocycles. The minimum absolute atomic E-state index is 0.0586. The van der Waals surface area contributed by atoms with Gasteiger partial charge in [-0.15, -0.1) is 0 Å². The van der Waals surface area contributed by atoms with Crippen LogP contribution in [0.2, 0.25) is 10.0 Å². The first-order valence-electron chi connectivity index (χ1n) is 10.2. The number of rotatable bonds is 9. The second-order valence-electron chi connectivity index (χ2n) is 7.27. The molecule has 1 amide bonds. The molecule has 0 saturated carbocycles. The maximum absolute atomic E-state index is 12.5. The van der Waals surface area contributed by atoms with E-state index in [1.807, 2.05) is 13.0 Å². The molecule has 3 atom stereocenters. The summed E-state index contributed by atoms with van der Waals surface area (Å²) >= 11 is 16.2. The molecule has 0 aliphatic heterocycles. The SMILES string of the molecule is CC[C@H](C)[C@@H](NCC(N)CS)C(=O)NCc1ccc(Cl)cc1Cl.O=C(O)C(F)(F)F.O=C(O)C(F)(F)F. The Hall–Kier alpha value is -1.94. The number of carbonyl (C=O) groups excluding carboxylic acids is 1. The van der Waals surface area contributed by atoms with E-state index in [0.29, 0.717) is 28.9 Å². The van der Waals surface area contributed by atoms with E-state index in [-0.39, 0.29) is 23.9 Å². The van der Waals surface area contributed by atoms with Crippen LogP contribution in [0, 0.1) is 5.92 Å². The molecule has 0 spiro atoms. The zero-order chi connectivity index (χ0) is 29.6. The molecule has 8 nitrogen and oxygen atoms in total. The van der Waals surface area contributed by atoms with Crippen molar-refractivity contribution >= 4 is 53.7 Å². The van der Waals surface area contributed by atoms with Crippen LogP contribution >= 0.6 is 35.8 Å². The highest BCUT2D eigenvalue weighted by Gasteiger charge is 2.38. The average molecular weight is 606 g/mol. The van der Waals surface area contributed by atoms with Gasteiger partial charge in [0.1, 0.15) is 0 Å². The fourth-order valence-electron chi connectivity index (χ4n) is 2.09. The van der Waals surface area contributed by atoms with Crippen molar-refractivity contribution in [2.45, 2.75) is 51.2 Å². The molecule has 0 aliphatic carbocycles. The third-order valence-electron chi connectivity index (χ3n) is 4.28. The van der Waals surface area contributed by atoms with Crippen molar-refractivity contribution in [3.8, 4) is 0 Å². The maximum Gasteiger partial charge on any atom is 0.490 e. The Morgan fingerprint density at radius 1 is 1.05 bits per heavy atom. The number of nitrogens with one attached hydrogen (secondary N) is 2. The molecule has 0 aliphatic rings. The van der Waals surface area contributed by atoms with Crippen LogP contribution in [0.1, 0.15) is 25.8 Å². The molecule has 1 unspecified atom stereocenters. The van der Waals surface area contributed by atoms with Gasteiger partial charge in [-0.2, -0.15) is 39.0 Å².